The summed E-state index contributed by atoms with van der Waals surface area (Å²) in [6.45, 7) is 7.46. The van der Waals surface area contributed by atoms with Gasteiger partial charge in [0.2, 0.25) is 0 Å². The van der Waals surface area contributed by atoms with Crippen LogP contribution in [0.15, 0.2) is 12.2 Å². The first-order valence-corrected chi connectivity index (χ1v) is 5.17. The molecule has 1 rings (SSSR count). The van der Waals surface area contributed by atoms with Gasteiger partial charge in [-0.3, -0.25) is 0 Å². The van der Waals surface area contributed by atoms with E-state index in [1.165, 1.54) is 24.8 Å². The molecule has 0 aromatic rings. The second-order valence-corrected chi connectivity index (χ2v) is 4.13. The topological polar surface area (TPSA) is 35.2 Å². The van der Waals surface area contributed by atoms with Gasteiger partial charge in [-0.15, -0.1) is 6.58 Å². The van der Waals surface area contributed by atoms with Crippen molar-refractivity contribution < 1.29 is 4.74 Å². The highest BCUT2D eigenvalue weighted by Gasteiger charge is 2.36. The molecule has 2 N–H and O–H groups in total. The molecule has 0 atom stereocenters. The number of hydrogen-bond acceptors (Lipinski definition) is 2. The van der Waals surface area contributed by atoms with Crippen molar-refractivity contribution in [3.05, 3.63) is 12.2 Å². The molecule has 0 aliphatic heterocycles. The van der Waals surface area contributed by atoms with Crippen molar-refractivity contribution in [2.45, 2.75) is 44.6 Å². The molecule has 2 nitrogen and oxygen atoms in total. The minimum absolute atomic E-state index is 0.143. The number of ether oxygens (including phenoxy) is 1. The van der Waals surface area contributed by atoms with Crippen LogP contribution < -0.4 is 5.73 Å². The maximum atomic E-state index is 5.88. The van der Waals surface area contributed by atoms with Crippen LogP contribution in [0.25, 0.3) is 0 Å². The van der Waals surface area contributed by atoms with E-state index in [1.54, 1.807) is 0 Å². The van der Waals surface area contributed by atoms with Crippen LogP contribution in [-0.4, -0.2) is 18.8 Å². The highest BCUT2D eigenvalue weighted by molar-refractivity contribution is 4.92. The summed E-state index contributed by atoms with van der Waals surface area (Å²) >= 11 is 0. The Hall–Kier alpha value is -0.340. The molecule has 0 radical (unpaired) electrons. The number of rotatable bonds is 6. The van der Waals surface area contributed by atoms with Gasteiger partial charge in [0.15, 0.2) is 0 Å². The predicted molar refractivity (Wildman–Crippen MR) is 55.6 cm³/mol. The summed E-state index contributed by atoms with van der Waals surface area (Å²) in [6.07, 6.45) is 5.68. The van der Waals surface area contributed by atoms with Crippen molar-refractivity contribution in [3.63, 3.8) is 0 Å². The molecule has 0 unspecified atom stereocenters. The predicted octanol–water partition coefficient (Wildman–Crippen LogP) is 2.24. The zero-order chi connectivity index (χ0) is 9.73. The van der Waals surface area contributed by atoms with Gasteiger partial charge in [0.1, 0.15) is 0 Å². The standard InChI is InChI=1S/C11H21NO/c1-10(2)4-9-13-11(7-8-12)5-3-6-11/h1,3-9,12H2,2H3. The lowest BCUT2D eigenvalue weighted by Gasteiger charge is -2.41. The van der Waals surface area contributed by atoms with E-state index in [0.717, 1.165) is 26.0 Å². The molecule has 0 saturated heterocycles. The second kappa shape index (κ2) is 4.77. The molecular formula is C11H21NO. The summed E-state index contributed by atoms with van der Waals surface area (Å²) in [5.74, 6) is 0. The Kier molecular flexibility index (Phi) is 3.94. The highest BCUT2D eigenvalue weighted by atomic mass is 16.5. The third-order valence-corrected chi connectivity index (χ3v) is 2.80. The van der Waals surface area contributed by atoms with Crippen LogP contribution in [0, 0.1) is 0 Å². The summed E-state index contributed by atoms with van der Waals surface area (Å²) in [6, 6.07) is 0. The monoisotopic (exact) mass is 183 g/mol. The van der Waals surface area contributed by atoms with Crippen molar-refractivity contribution in [3.8, 4) is 0 Å². The van der Waals surface area contributed by atoms with Crippen molar-refractivity contribution in [1.29, 1.82) is 0 Å². The minimum Gasteiger partial charge on any atom is -0.375 e. The highest BCUT2D eigenvalue weighted by Crippen LogP contribution is 2.38. The summed E-state index contributed by atoms with van der Waals surface area (Å²) < 4.78 is 5.88. The van der Waals surface area contributed by atoms with Gasteiger partial charge >= 0.3 is 0 Å². The number of hydrogen-bond donors (Lipinski definition) is 1. The van der Waals surface area contributed by atoms with Crippen LogP contribution in [0.3, 0.4) is 0 Å². The lowest BCUT2D eigenvalue weighted by Crippen LogP contribution is -2.42. The summed E-state index contributed by atoms with van der Waals surface area (Å²) in [5, 5.41) is 0. The molecule has 0 spiro atoms. The third-order valence-electron chi connectivity index (χ3n) is 2.80. The SMILES string of the molecule is C=C(C)CCOC1(CCN)CCC1. The Balaban J connectivity index is 2.20. The fourth-order valence-corrected chi connectivity index (χ4v) is 1.74. The van der Waals surface area contributed by atoms with Gasteiger partial charge in [-0.2, -0.15) is 0 Å². The Morgan fingerprint density at radius 2 is 2.23 bits per heavy atom. The normalized spacial score (nSPS) is 19.5. The summed E-state index contributed by atoms with van der Waals surface area (Å²) in [5.41, 5.74) is 6.90. The smallest absolute Gasteiger partial charge is 0.0694 e. The Bertz CT molecular complexity index is 173. The molecule has 13 heavy (non-hydrogen) atoms. The lowest BCUT2D eigenvalue weighted by molar-refractivity contribution is -0.102. The maximum Gasteiger partial charge on any atom is 0.0694 e. The molecule has 1 saturated carbocycles. The molecule has 0 heterocycles. The van der Waals surface area contributed by atoms with Crippen LogP contribution in [0.1, 0.15) is 39.0 Å². The Morgan fingerprint density at radius 3 is 2.62 bits per heavy atom. The van der Waals surface area contributed by atoms with Crippen LogP contribution in [0.5, 0.6) is 0 Å². The molecule has 0 aromatic heterocycles. The maximum absolute atomic E-state index is 5.88. The average molecular weight is 183 g/mol. The van der Waals surface area contributed by atoms with E-state index in [9.17, 15) is 0 Å². The van der Waals surface area contributed by atoms with Gasteiger partial charge in [-0.25, -0.2) is 0 Å². The fourth-order valence-electron chi connectivity index (χ4n) is 1.74. The van der Waals surface area contributed by atoms with E-state index in [4.69, 9.17) is 10.5 Å². The van der Waals surface area contributed by atoms with E-state index < -0.39 is 0 Å². The van der Waals surface area contributed by atoms with Gasteiger partial charge in [0.05, 0.1) is 12.2 Å². The molecule has 0 aromatic carbocycles. The minimum atomic E-state index is 0.143. The van der Waals surface area contributed by atoms with Crippen molar-refractivity contribution in [1.82, 2.24) is 0 Å². The Labute approximate surface area is 81.1 Å². The molecule has 1 aliphatic rings. The second-order valence-electron chi connectivity index (χ2n) is 4.13. The first-order chi connectivity index (χ1) is 6.18. The molecule has 76 valence electrons. The zero-order valence-electron chi connectivity index (χ0n) is 8.64. The van der Waals surface area contributed by atoms with Crippen LogP contribution in [0.2, 0.25) is 0 Å². The third kappa shape index (κ3) is 3.12. The van der Waals surface area contributed by atoms with E-state index in [1.807, 2.05) is 6.92 Å². The van der Waals surface area contributed by atoms with E-state index in [0.29, 0.717) is 0 Å². The van der Waals surface area contributed by atoms with Gasteiger partial charge in [-0.05, 0) is 45.6 Å². The molecule has 1 aliphatic carbocycles. The van der Waals surface area contributed by atoms with Gasteiger partial charge in [0, 0.05) is 0 Å². The molecule has 0 amide bonds. The summed E-state index contributed by atoms with van der Waals surface area (Å²) in [7, 11) is 0. The largest absolute Gasteiger partial charge is 0.375 e. The molecular weight excluding hydrogens is 162 g/mol. The Morgan fingerprint density at radius 1 is 1.54 bits per heavy atom. The lowest BCUT2D eigenvalue weighted by atomic mass is 9.77. The van der Waals surface area contributed by atoms with Gasteiger partial charge < -0.3 is 10.5 Å². The first kappa shape index (κ1) is 10.7. The quantitative estimate of drug-likeness (QED) is 0.641. The molecule has 0 bridgehead atoms. The van der Waals surface area contributed by atoms with E-state index >= 15 is 0 Å². The van der Waals surface area contributed by atoms with Crippen molar-refractivity contribution in [2.75, 3.05) is 13.2 Å². The van der Waals surface area contributed by atoms with Crippen LogP contribution in [-0.2, 0) is 4.74 Å². The fraction of sp³-hybridized carbons (Fsp3) is 0.818. The van der Waals surface area contributed by atoms with Gasteiger partial charge in [-0.1, -0.05) is 5.57 Å². The van der Waals surface area contributed by atoms with E-state index in [-0.39, 0.29) is 5.60 Å². The molecule has 2 heteroatoms. The van der Waals surface area contributed by atoms with Crippen LogP contribution >= 0.6 is 0 Å². The molecule has 1 fully saturated rings. The van der Waals surface area contributed by atoms with E-state index in [2.05, 4.69) is 6.58 Å². The van der Waals surface area contributed by atoms with Crippen molar-refractivity contribution in [2.24, 2.45) is 5.73 Å². The van der Waals surface area contributed by atoms with Crippen LogP contribution in [0.4, 0.5) is 0 Å². The number of nitrogens with two attached hydrogens (primary N) is 1. The van der Waals surface area contributed by atoms with Gasteiger partial charge in [0.25, 0.3) is 0 Å². The average Bonchev–Trinajstić information content (AvgIpc) is 1.99. The zero-order valence-corrected chi connectivity index (χ0v) is 8.64. The summed E-state index contributed by atoms with van der Waals surface area (Å²) in [4.78, 5) is 0. The van der Waals surface area contributed by atoms with Crippen molar-refractivity contribution >= 4 is 0 Å². The first-order valence-electron chi connectivity index (χ1n) is 5.17.